The van der Waals surface area contributed by atoms with Gasteiger partial charge in [0, 0.05) is 17.3 Å². The van der Waals surface area contributed by atoms with Gasteiger partial charge in [-0.05, 0) is 18.9 Å². The normalized spacial score (nSPS) is 10.9. The van der Waals surface area contributed by atoms with E-state index < -0.39 is 0 Å². The predicted molar refractivity (Wildman–Crippen MR) is 132 cm³/mol. The van der Waals surface area contributed by atoms with Gasteiger partial charge in [-0.15, -0.1) is 0 Å². The highest BCUT2D eigenvalue weighted by Crippen LogP contribution is 2.32. The van der Waals surface area contributed by atoms with Gasteiger partial charge in [-0.25, -0.2) is 0 Å². The van der Waals surface area contributed by atoms with Crippen LogP contribution in [0.3, 0.4) is 0 Å². The van der Waals surface area contributed by atoms with E-state index in [0.29, 0.717) is 36.0 Å². The number of ether oxygens (including phenoxy) is 2. The topological polar surface area (TPSA) is 61.5 Å². The van der Waals surface area contributed by atoms with Gasteiger partial charge in [0.15, 0.2) is 17.8 Å². The van der Waals surface area contributed by atoms with Crippen LogP contribution < -0.4 is 15.2 Å². The summed E-state index contributed by atoms with van der Waals surface area (Å²) in [5.41, 5.74) is 6.90. The van der Waals surface area contributed by atoms with E-state index in [0.717, 1.165) is 19.1 Å². The Morgan fingerprint density at radius 1 is 0.645 bits per heavy atom. The summed E-state index contributed by atoms with van der Waals surface area (Å²) in [5.74, 6) is 1.30. The van der Waals surface area contributed by atoms with Crippen molar-refractivity contribution in [3.8, 4) is 11.5 Å². The smallest absolute Gasteiger partial charge is 0.163 e. The van der Waals surface area contributed by atoms with Crippen LogP contribution >= 0.6 is 0 Å². The number of anilines is 1. The molecule has 4 nitrogen and oxygen atoms in total. The first kappa shape index (κ1) is 27.3. The van der Waals surface area contributed by atoms with Gasteiger partial charge < -0.3 is 15.2 Å². The molecule has 31 heavy (non-hydrogen) atoms. The molecule has 1 aromatic carbocycles. The Balaban J connectivity index is 2.32. The minimum atomic E-state index is 0.445. The van der Waals surface area contributed by atoms with E-state index in [1.165, 1.54) is 89.9 Å². The second-order valence-corrected chi connectivity index (χ2v) is 8.69. The molecular formula is C27H47NO3. The number of carbonyl (C=O) groups is 1. The van der Waals surface area contributed by atoms with Crippen molar-refractivity contribution in [2.75, 3.05) is 18.9 Å². The molecule has 0 aromatic heterocycles. The van der Waals surface area contributed by atoms with Crippen LogP contribution in [-0.2, 0) is 0 Å². The number of benzene rings is 1. The van der Waals surface area contributed by atoms with Gasteiger partial charge in [0.2, 0.25) is 0 Å². The summed E-state index contributed by atoms with van der Waals surface area (Å²) < 4.78 is 11.9. The van der Waals surface area contributed by atoms with Crippen LogP contribution in [0.15, 0.2) is 12.1 Å². The number of hydrogen-bond acceptors (Lipinski definition) is 4. The molecule has 0 radical (unpaired) electrons. The number of unbranched alkanes of at least 4 members (excludes halogenated alkanes) is 14. The molecule has 1 rings (SSSR count). The molecule has 0 unspecified atom stereocenters. The lowest BCUT2D eigenvalue weighted by molar-refractivity contribution is 0.112. The van der Waals surface area contributed by atoms with Crippen LogP contribution in [0, 0.1) is 0 Å². The fourth-order valence-corrected chi connectivity index (χ4v) is 3.76. The lowest BCUT2D eigenvalue weighted by Gasteiger charge is -2.15. The Bertz CT molecular complexity index is 574. The fourth-order valence-electron chi connectivity index (χ4n) is 3.76. The third-order valence-corrected chi connectivity index (χ3v) is 5.79. The Morgan fingerprint density at radius 3 is 1.45 bits per heavy atom. The van der Waals surface area contributed by atoms with Gasteiger partial charge in [-0.1, -0.05) is 104 Å². The first-order chi connectivity index (χ1) is 15.2. The molecule has 2 N–H and O–H groups in total. The van der Waals surface area contributed by atoms with Crippen molar-refractivity contribution < 1.29 is 14.3 Å². The van der Waals surface area contributed by atoms with Crippen LogP contribution in [0.5, 0.6) is 11.5 Å². The molecule has 178 valence electrons. The molecule has 0 atom stereocenters. The number of nitrogens with two attached hydrogens (primary N) is 1. The van der Waals surface area contributed by atoms with E-state index in [1.807, 2.05) is 0 Å². The zero-order valence-corrected chi connectivity index (χ0v) is 20.3. The lowest BCUT2D eigenvalue weighted by atomic mass is 10.1. The highest BCUT2D eigenvalue weighted by molar-refractivity contribution is 5.85. The van der Waals surface area contributed by atoms with Crippen LogP contribution in [0.25, 0.3) is 0 Å². The maximum absolute atomic E-state index is 11.3. The summed E-state index contributed by atoms with van der Waals surface area (Å²) in [6.45, 7) is 5.80. The summed E-state index contributed by atoms with van der Waals surface area (Å²) >= 11 is 0. The van der Waals surface area contributed by atoms with Crippen molar-refractivity contribution in [2.24, 2.45) is 0 Å². The highest BCUT2D eigenvalue weighted by Gasteiger charge is 2.11. The van der Waals surface area contributed by atoms with Gasteiger partial charge >= 0.3 is 0 Å². The molecule has 0 aliphatic heterocycles. The van der Waals surface area contributed by atoms with Crippen molar-refractivity contribution in [3.63, 3.8) is 0 Å². The summed E-state index contributed by atoms with van der Waals surface area (Å²) in [6, 6.07) is 3.45. The van der Waals surface area contributed by atoms with Crippen molar-refractivity contribution in [1.82, 2.24) is 0 Å². The Morgan fingerprint density at radius 2 is 1.03 bits per heavy atom. The zero-order chi connectivity index (χ0) is 22.6. The number of rotatable bonds is 21. The van der Waals surface area contributed by atoms with Gasteiger partial charge in [-0.3, -0.25) is 4.79 Å². The third kappa shape index (κ3) is 13.3. The van der Waals surface area contributed by atoms with E-state index in [-0.39, 0.29) is 0 Å². The quantitative estimate of drug-likeness (QED) is 0.121. The van der Waals surface area contributed by atoms with E-state index in [1.54, 1.807) is 12.1 Å². The average Bonchev–Trinajstić information content (AvgIpc) is 2.77. The lowest BCUT2D eigenvalue weighted by Crippen LogP contribution is -2.05. The molecule has 0 spiro atoms. The SMILES string of the molecule is CCCCCCCCCCOc1cc(N)c(C=O)cc1OCCCCCCCCCC. The third-order valence-electron chi connectivity index (χ3n) is 5.79. The molecule has 0 heterocycles. The molecule has 0 aliphatic carbocycles. The summed E-state index contributed by atoms with van der Waals surface area (Å²) in [5, 5.41) is 0. The van der Waals surface area contributed by atoms with Crippen molar-refractivity contribution >= 4 is 12.0 Å². The fraction of sp³-hybridized carbons (Fsp3) is 0.741. The maximum Gasteiger partial charge on any atom is 0.163 e. The number of nitrogen functional groups attached to an aromatic ring is 1. The van der Waals surface area contributed by atoms with Gasteiger partial charge in [0.25, 0.3) is 0 Å². The number of hydrogen-bond donors (Lipinski definition) is 1. The minimum Gasteiger partial charge on any atom is -0.490 e. The van der Waals surface area contributed by atoms with E-state index in [4.69, 9.17) is 15.2 Å². The van der Waals surface area contributed by atoms with Gasteiger partial charge in [0.1, 0.15) is 0 Å². The first-order valence-corrected chi connectivity index (χ1v) is 12.9. The molecule has 0 saturated heterocycles. The van der Waals surface area contributed by atoms with Crippen molar-refractivity contribution in [1.29, 1.82) is 0 Å². The van der Waals surface area contributed by atoms with Crippen LogP contribution in [0.4, 0.5) is 5.69 Å². The van der Waals surface area contributed by atoms with Gasteiger partial charge in [0.05, 0.1) is 13.2 Å². The Hall–Kier alpha value is -1.71. The molecule has 1 aromatic rings. The second-order valence-electron chi connectivity index (χ2n) is 8.69. The standard InChI is InChI=1S/C27H47NO3/c1-3-5-7-9-11-13-15-17-19-30-26-21-24(23-29)25(28)22-27(26)31-20-18-16-14-12-10-8-6-4-2/h21-23H,3-20,28H2,1-2H3. The molecule has 0 fully saturated rings. The van der Waals surface area contributed by atoms with Crippen LogP contribution in [-0.4, -0.2) is 19.5 Å². The summed E-state index contributed by atoms with van der Waals surface area (Å²) in [6.07, 6.45) is 21.0. The van der Waals surface area contributed by atoms with E-state index in [2.05, 4.69) is 13.8 Å². The zero-order valence-electron chi connectivity index (χ0n) is 20.3. The van der Waals surface area contributed by atoms with Gasteiger partial charge in [-0.2, -0.15) is 0 Å². The molecule has 0 saturated carbocycles. The number of aldehydes is 1. The van der Waals surface area contributed by atoms with Crippen LogP contribution in [0.1, 0.15) is 127 Å². The molecule has 0 aliphatic rings. The molecular weight excluding hydrogens is 386 g/mol. The predicted octanol–water partition coefficient (Wildman–Crippen LogP) is 8.12. The Labute approximate surface area is 191 Å². The van der Waals surface area contributed by atoms with Crippen LogP contribution in [0.2, 0.25) is 0 Å². The largest absolute Gasteiger partial charge is 0.490 e. The summed E-state index contributed by atoms with van der Waals surface area (Å²) in [7, 11) is 0. The van der Waals surface area contributed by atoms with Crippen molar-refractivity contribution in [2.45, 2.75) is 117 Å². The first-order valence-electron chi connectivity index (χ1n) is 12.9. The highest BCUT2D eigenvalue weighted by atomic mass is 16.5. The maximum atomic E-state index is 11.3. The monoisotopic (exact) mass is 433 g/mol. The van der Waals surface area contributed by atoms with E-state index in [9.17, 15) is 4.79 Å². The van der Waals surface area contributed by atoms with E-state index >= 15 is 0 Å². The molecule has 4 heteroatoms. The average molecular weight is 434 g/mol. The van der Waals surface area contributed by atoms with Crippen molar-refractivity contribution in [3.05, 3.63) is 17.7 Å². The molecule has 0 bridgehead atoms. The minimum absolute atomic E-state index is 0.445. The second kappa shape index (κ2) is 19.0. The summed E-state index contributed by atoms with van der Waals surface area (Å²) in [4.78, 5) is 11.3. The Kier molecular flexibility index (Phi) is 16.8. The number of carbonyl (C=O) groups excluding carboxylic acids is 1. The molecule has 0 amide bonds.